The zero-order chi connectivity index (χ0) is 26.3. The van der Waals surface area contributed by atoms with E-state index in [0.29, 0.717) is 24.3 Å². The highest BCUT2D eigenvalue weighted by Gasteiger charge is 2.47. The Bertz CT molecular complexity index is 1220. The van der Waals surface area contributed by atoms with Gasteiger partial charge in [-0.2, -0.15) is 0 Å². The number of halogens is 3. The summed E-state index contributed by atoms with van der Waals surface area (Å²) in [5.74, 6) is -3.93. The summed E-state index contributed by atoms with van der Waals surface area (Å²) in [5.41, 5.74) is -0.598. The molecule has 0 unspecified atom stereocenters. The molecule has 2 aromatic heterocycles. The molecule has 10 nitrogen and oxygen atoms in total. The summed E-state index contributed by atoms with van der Waals surface area (Å²) in [4.78, 5) is 0. The van der Waals surface area contributed by atoms with Gasteiger partial charge in [0, 0.05) is 25.2 Å². The molecule has 3 aromatic rings. The molecular formula is C24H27F3N4O6. The van der Waals surface area contributed by atoms with E-state index in [9.17, 15) is 28.5 Å². The van der Waals surface area contributed by atoms with Gasteiger partial charge in [0.15, 0.2) is 17.5 Å². The molecule has 1 saturated carbocycles. The number of aliphatic hydroxyl groups excluding tert-OH is 2. The van der Waals surface area contributed by atoms with Crippen LogP contribution >= 0.6 is 0 Å². The average molecular weight is 524 g/mol. The summed E-state index contributed by atoms with van der Waals surface area (Å²) >= 11 is 0. The van der Waals surface area contributed by atoms with E-state index in [0.717, 1.165) is 25.0 Å². The molecule has 0 spiro atoms. The van der Waals surface area contributed by atoms with Gasteiger partial charge in [-0.25, -0.2) is 17.9 Å². The Hall–Kier alpha value is -2.84. The largest absolute Gasteiger partial charge is 0.394 e. The van der Waals surface area contributed by atoms with Crippen LogP contribution in [0.5, 0.6) is 0 Å². The third-order valence-corrected chi connectivity index (χ3v) is 7.20. The molecule has 0 radical (unpaired) electrons. The van der Waals surface area contributed by atoms with E-state index in [1.807, 2.05) is 0 Å². The molecule has 1 aliphatic heterocycles. The third kappa shape index (κ3) is 4.77. The number of ether oxygens (including phenoxy) is 2. The van der Waals surface area contributed by atoms with Gasteiger partial charge >= 0.3 is 0 Å². The van der Waals surface area contributed by atoms with Gasteiger partial charge in [-0.3, -0.25) is 0 Å². The molecule has 3 N–H and O–H groups in total. The van der Waals surface area contributed by atoms with Crippen molar-refractivity contribution in [2.45, 2.75) is 68.2 Å². The summed E-state index contributed by atoms with van der Waals surface area (Å²) in [6, 6.07) is 2.33. The lowest BCUT2D eigenvalue weighted by molar-refractivity contribution is -0.212. The molecule has 5 atom stereocenters. The second kappa shape index (κ2) is 10.1. The molecule has 13 heteroatoms. The van der Waals surface area contributed by atoms with Gasteiger partial charge in [0.1, 0.15) is 47.1 Å². The van der Waals surface area contributed by atoms with E-state index >= 15 is 0 Å². The molecule has 0 bridgehead atoms. The molecule has 0 amide bonds. The second-order valence-electron chi connectivity index (χ2n) is 9.54. The number of aromatic nitrogens is 4. The van der Waals surface area contributed by atoms with Crippen LogP contribution in [0, 0.1) is 17.5 Å². The Balaban J connectivity index is 1.42. The maximum Gasteiger partial charge on any atom is 0.194 e. The smallest absolute Gasteiger partial charge is 0.194 e. The van der Waals surface area contributed by atoms with Gasteiger partial charge in [0.2, 0.25) is 0 Å². The minimum Gasteiger partial charge on any atom is -0.394 e. The highest BCUT2D eigenvalue weighted by Crippen LogP contribution is 2.39. The van der Waals surface area contributed by atoms with Crippen molar-refractivity contribution in [1.29, 1.82) is 0 Å². The van der Waals surface area contributed by atoms with Crippen LogP contribution in [-0.2, 0) is 21.5 Å². The zero-order valence-corrected chi connectivity index (χ0v) is 19.9. The first kappa shape index (κ1) is 25.8. The maximum atomic E-state index is 13.7. The molecule has 2 fully saturated rings. The van der Waals surface area contributed by atoms with Crippen molar-refractivity contribution in [3.05, 3.63) is 53.3 Å². The van der Waals surface area contributed by atoms with Crippen LogP contribution in [0.1, 0.15) is 43.2 Å². The van der Waals surface area contributed by atoms with Gasteiger partial charge in [-0.05, 0) is 25.0 Å². The summed E-state index contributed by atoms with van der Waals surface area (Å²) in [6.45, 7) is -0.512. The first-order valence-corrected chi connectivity index (χ1v) is 12.0. The van der Waals surface area contributed by atoms with Crippen molar-refractivity contribution >= 4 is 0 Å². The quantitative estimate of drug-likeness (QED) is 0.397. The van der Waals surface area contributed by atoms with E-state index in [1.165, 1.54) is 18.0 Å². The molecule has 1 aromatic carbocycles. The molecule has 3 heterocycles. The van der Waals surface area contributed by atoms with Crippen molar-refractivity contribution < 1.29 is 42.5 Å². The number of benzene rings is 1. The lowest BCUT2D eigenvalue weighted by Crippen LogP contribution is -2.57. The molecule has 5 rings (SSSR count). The van der Waals surface area contributed by atoms with Crippen LogP contribution in [0.25, 0.3) is 11.3 Å². The Morgan fingerprint density at radius 3 is 2.49 bits per heavy atom. The predicted molar refractivity (Wildman–Crippen MR) is 119 cm³/mol. The summed E-state index contributed by atoms with van der Waals surface area (Å²) < 4.78 is 59.2. The molecule has 1 saturated heterocycles. The molecule has 37 heavy (non-hydrogen) atoms. The zero-order valence-electron chi connectivity index (χ0n) is 19.9. The van der Waals surface area contributed by atoms with Crippen LogP contribution in [-0.4, -0.2) is 73.6 Å². The Morgan fingerprint density at radius 2 is 1.84 bits per heavy atom. The van der Waals surface area contributed by atoms with Crippen LogP contribution in [0.3, 0.4) is 0 Å². The normalized spacial score (nSPS) is 27.6. The number of hydrogen-bond donors (Lipinski definition) is 3. The number of aliphatic hydroxyl groups is 3. The van der Waals surface area contributed by atoms with Crippen LogP contribution in [0.4, 0.5) is 13.2 Å². The van der Waals surface area contributed by atoms with Gasteiger partial charge < -0.3 is 29.3 Å². The predicted octanol–water partition coefficient (Wildman–Crippen LogP) is 2.03. The molecule has 1 aliphatic carbocycles. The molecule has 200 valence electrons. The van der Waals surface area contributed by atoms with Crippen LogP contribution in [0.2, 0.25) is 0 Å². The third-order valence-electron chi connectivity index (χ3n) is 7.20. The molecule has 2 aliphatic rings. The van der Waals surface area contributed by atoms with Crippen molar-refractivity contribution in [3.63, 3.8) is 0 Å². The van der Waals surface area contributed by atoms with Gasteiger partial charge in [-0.15, -0.1) is 5.10 Å². The van der Waals surface area contributed by atoms with Gasteiger partial charge in [0.25, 0.3) is 0 Å². The fraction of sp³-hybridized carbons (Fsp3) is 0.542. The first-order valence-electron chi connectivity index (χ1n) is 12.0. The topological polar surface area (TPSA) is 136 Å². The average Bonchev–Trinajstić information content (AvgIpc) is 3.64. The Labute approximate surface area is 209 Å². The standard InChI is InChI=1S/C24H27F3N4O6/c1-35-23-17(8-13-9-19(29-37-13)24(34)4-2-3-5-24)36-18(11-32)22(33)21(23)31-10-16(28-30-31)12-6-14(25)20(27)15(26)7-12/h6-7,9-10,17-18,21-23,32-34H,2-5,8,11H2,1H3/t17-,18-,21+,22+,23+/m1/s1. The summed E-state index contributed by atoms with van der Waals surface area (Å²) in [5, 5.41) is 43.6. The Morgan fingerprint density at radius 1 is 1.14 bits per heavy atom. The van der Waals surface area contributed by atoms with Crippen LogP contribution < -0.4 is 0 Å². The fourth-order valence-electron chi connectivity index (χ4n) is 5.23. The monoisotopic (exact) mass is 524 g/mol. The van der Waals surface area contributed by atoms with E-state index in [2.05, 4.69) is 15.5 Å². The van der Waals surface area contributed by atoms with Gasteiger partial charge in [-0.1, -0.05) is 23.2 Å². The van der Waals surface area contributed by atoms with E-state index in [4.69, 9.17) is 14.0 Å². The number of methoxy groups -OCH3 is 1. The minimum absolute atomic E-state index is 0.0353. The van der Waals surface area contributed by atoms with E-state index in [1.54, 1.807) is 6.07 Å². The van der Waals surface area contributed by atoms with Crippen molar-refractivity contribution in [2.24, 2.45) is 0 Å². The minimum atomic E-state index is -1.60. The van der Waals surface area contributed by atoms with Crippen molar-refractivity contribution in [3.8, 4) is 11.3 Å². The van der Waals surface area contributed by atoms with E-state index in [-0.39, 0.29) is 17.7 Å². The maximum absolute atomic E-state index is 13.7. The van der Waals surface area contributed by atoms with Gasteiger partial charge in [0.05, 0.1) is 18.9 Å². The SMILES string of the molecule is CO[C@@H]1[C@@H](n2cc(-c3cc(F)c(F)c(F)c3)nn2)[C@@H](O)[C@@H](CO)O[C@@H]1Cc1cc(C2(O)CCCC2)no1. The van der Waals surface area contributed by atoms with Crippen molar-refractivity contribution in [1.82, 2.24) is 20.2 Å². The van der Waals surface area contributed by atoms with Crippen LogP contribution in [0.15, 0.2) is 28.9 Å². The number of hydrogen-bond acceptors (Lipinski definition) is 9. The summed E-state index contributed by atoms with van der Waals surface area (Å²) in [6.07, 6.45) is 0.606. The van der Waals surface area contributed by atoms with Crippen molar-refractivity contribution in [2.75, 3.05) is 13.7 Å². The lowest BCUT2D eigenvalue weighted by atomic mass is 9.90. The fourth-order valence-corrected chi connectivity index (χ4v) is 5.23. The summed E-state index contributed by atoms with van der Waals surface area (Å²) in [7, 11) is 1.41. The number of rotatable bonds is 7. The highest BCUT2D eigenvalue weighted by atomic mass is 19.2. The first-order chi connectivity index (χ1) is 17.7. The van der Waals surface area contributed by atoms with E-state index < -0.39 is 60.1 Å². The Kier molecular flexibility index (Phi) is 7.07. The molecular weight excluding hydrogens is 497 g/mol. The number of nitrogens with zero attached hydrogens (tertiary/aromatic N) is 4. The lowest BCUT2D eigenvalue weighted by Gasteiger charge is -2.43. The second-order valence-corrected chi connectivity index (χ2v) is 9.54. The highest BCUT2D eigenvalue weighted by molar-refractivity contribution is 5.57.